The van der Waals surface area contributed by atoms with Crippen molar-refractivity contribution < 1.29 is 18.8 Å². The second-order valence-corrected chi connectivity index (χ2v) is 4.88. The quantitative estimate of drug-likeness (QED) is 0.849. The van der Waals surface area contributed by atoms with E-state index in [1.54, 1.807) is 12.1 Å². The molecule has 0 atom stereocenters. The van der Waals surface area contributed by atoms with E-state index in [2.05, 4.69) is 15.5 Å². The molecular formula is C13H14FN3O3. The van der Waals surface area contributed by atoms with Crippen molar-refractivity contribution in [1.29, 1.82) is 0 Å². The summed E-state index contributed by atoms with van der Waals surface area (Å²) in [6.45, 7) is 0.737. The molecule has 1 saturated heterocycles. The number of hydrogen-bond donors (Lipinski definition) is 2. The molecule has 6 nitrogen and oxygen atoms in total. The Morgan fingerprint density at radius 1 is 1.30 bits per heavy atom. The van der Waals surface area contributed by atoms with Gasteiger partial charge < -0.3 is 19.7 Å². The van der Waals surface area contributed by atoms with E-state index in [-0.39, 0.29) is 18.4 Å². The molecule has 1 aromatic carbocycles. The summed E-state index contributed by atoms with van der Waals surface area (Å²) in [6, 6.07) is 6.38. The molecule has 1 fully saturated rings. The summed E-state index contributed by atoms with van der Waals surface area (Å²) < 4.78 is 23.0. The van der Waals surface area contributed by atoms with Gasteiger partial charge in [0.1, 0.15) is 11.4 Å². The molecule has 20 heavy (non-hydrogen) atoms. The van der Waals surface area contributed by atoms with Crippen LogP contribution in [-0.2, 0) is 11.2 Å². The summed E-state index contributed by atoms with van der Waals surface area (Å²) in [7, 11) is 0. The average Bonchev–Trinajstić information content (AvgIpc) is 2.84. The number of benzene rings is 1. The summed E-state index contributed by atoms with van der Waals surface area (Å²) in [6.07, 6.45) is 0.452. The third-order valence-electron chi connectivity index (χ3n) is 3.18. The average molecular weight is 279 g/mol. The molecule has 0 spiro atoms. The molecule has 1 aliphatic heterocycles. The topological polar surface area (TPSA) is 80.4 Å². The van der Waals surface area contributed by atoms with Crippen molar-refractivity contribution in [3.05, 3.63) is 41.5 Å². The zero-order chi connectivity index (χ0) is 14.0. The second-order valence-electron chi connectivity index (χ2n) is 4.88. The minimum absolute atomic E-state index is 0.0668. The van der Waals surface area contributed by atoms with Gasteiger partial charge in [0.15, 0.2) is 5.82 Å². The molecular weight excluding hydrogens is 265 g/mol. The SMILES string of the molecule is OCC1(Nc2nc(Cc3ccc(F)cc3)no2)COC1. The fraction of sp³-hybridized carbons (Fsp3) is 0.385. The monoisotopic (exact) mass is 279 g/mol. The lowest BCUT2D eigenvalue weighted by Gasteiger charge is -2.39. The van der Waals surface area contributed by atoms with E-state index in [9.17, 15) is 9.50 Å². The molecule has 1 aromatic heterocycles. The number of rotatable bonds is 5. The first-order valence-corrected chi connectivity index (χ1v) is 6.23. The summed E-state index contributed by atoms with van der Waals surface area (Å²) in [5.41, 5.74) is 0.363. The molecule has 0 saturated carbocycles. The van der Waals surface area contributed by atoms with Crippen LogP contribution in [0.3, 0.4) is 0 Å². The van der Waals surface area contributed by atoms with Crippen LogP contribution in [0.2, 0.25) is 0 Å². The molecule has 2 heterocycles. The van der Waals surface area contributed by atoms with E-state index < -0.39 is 5.54 Å². The molecule has 0 radical (unpaired) electrons. The standard InChI is InChI=1S/C13H14FN3O3/c14-10-3-1-9(2-4-10)5-11-15-12(20-17-11)16-13(6-18)7-19-8-13/h1-4,18H,5-8H2,(H,15,16,17). The van der Waals surface area contributed by atoms with E-state index in [1.807, 2.05) is 0 Å². The first-order valence-electron chi connectivity index (χ1n) is 6.23. The van der Waals surface area contributed by atoms with Gasteiger partial charge in [-0.05, 0) is 17.7 Å². The highest BCUT2D eigenvalue weighted by atomic mass is 19.1. The Bertz CT molecular complexity index is 575. The molecule has 2 N–H and O–H groups in total. The van der Waals surface area contributed by atoms with Crippen LogP contribution < -0.4 is 5.32 Å². The third kappa shape index (κ3) is 2.63. The molecule has 7 heteroatoms. The van der Waals surface area contributed by atoms with Crippen molar-refractivity contribution in [1.82, 2.24) is 10.1 Å². The minimum Gasteiger partial charge on any atom is -0.394 e. The van der Waals surface area contributed by atoms with Gasteiger partial charge in [0.05, 0.1) is 19.8 Å². The minimum atomic E-state index is -0.528. The van der Waals surface area contributed by atoms with Crippen LogP contribution in [0.25, 0.3) is 0 Å². The number of hydrogen-bond acceptors (Lipinski definition) is 6. The van der Waals surface area contributed by atoms with E-state index in [0.717, 1.165) is 5.56 Å². The lowest BCUT2D eigenvalue weighted by atomic mass is 9.99. The smallest absolute Gasteiger partial charge is 0.322 e. The van der Waals surface area contributed by atoms with Gasteiger partial charge in [-0.25, -0.2) is 4.39 Å². The Morgan fingerprint density at radius 2 is 2.05 bits per heavy atom. The highest BCUT2D eigenvalue weighted by molar-refractivity contribution is 5.28. The van der Waals surface area contributed by atoms with Crippen molar-refractivity contribution >= 4 is 6.01 Å². The van der Waals surface area contributed by atoms with Gasteiger partial charge in [0, 0.05) is 6.42 Å². The third-order valence-corrected chi connectivity index (χ3v) is 3.18. The summed E-state index contributed by atoms with van der Waals surface area (Å²) in [5.74, 6) is 0.214. The van der Waals surface area contributed by atoms with Gasteiger partial charge in [0.25, 0.3) is 0 Å². The van der Waals surface area contributed by atoms with Gasteiger partial charge in [-0.1, -0.05) is 17.3 Å². The van der Waals surface area contributed by atoms with Crippen molar-refractivity contribution in [3.8, 4) is 0 Å². The Labute approximate surface area is 114 Å². The Kier molecular flexibility index (Phi) is 3.37. The van der Waals surface area contributed by atoms with Crippen LogP contribution in [0, 0.1) is 5.82 Å². The zero-order valence-corrected chi connectivity index (χ0v) is 10.7. The summed E-state index contributed by atoms with van der Waals surface area (Å²) >= 11 is 0. The highest BCUT2D eigenvalue weighted by Crippen LogP contribution is 2.22. The van der Waals surface area contributed by atoms with Crippen molar-refractivity contribution in [2.45, 2.75) is 12.0 Å². The number of aliphatic hydroxyl groups is 1. The maximum Gasteiger partial charge on any atom is 0.322 e. The maximum absolute atomic E-state index is 12.8. The lowest BCUT2D eigenvalue weighted by Crippen LogP contribution is -2.58. The first kappa shape index (κ1) is 13.0. The van der Waals surface area contributed by atoms with E-state index >= 15 is 0 Å². The van der Waals surface area contributed by atoms with Crippen LogP contribution in [0.4, 0.5) is 10.4 Å². The largest absolute Gasteiger partial charge is 0.394 e. The zero-order valence-electron chi connectivity index (χ0n) is 10.7. The van der Waals surface area contributed by atoms with Gasteiger partial charge >= 0.3 is 6.01 Å². The van der Waals surface area contributed by atoms with Gasteiger partial charge in [-0.15, -0.1) is 0 Å². The predicted octanol–water partition coefficient (Wildman–Crippen LogP) is 0.973. The van der Waals surface area contributed by atoms with E-state index in [0.29, 0.717) is 25.5 Å². The van der Waals surface area contributed by atoms with Crippen LogP contribution in [0.1, 0.15) is 11.4 Å². The molecule has 0 aliphatic carbocycles. The van der Waals surface area contributed by atoms with Gasteiger partial charge in [-0.2, -0.15) is 4.98 Å². The van der Waals surface area contributed by atoms with E-state index in [4.69, 9.17) is 9.26 Å². The van der Waals surface area contributed by atoms with Crippen molar-refractivity contribution in [2.24, 2.45) is 0 Å². The Morgan fingerprint density at radius 3 is 2.65 bits per heavy atom. The van der Waals surface area contributed by atoms with Crippen LogP contribution in [-0.4, -0.2) is 40.6 Å². The van der Waals surface area contributed by atoms with E-state index in [1.165, 1.54) is 12.1 Å². The number of nitrogens with zero attached hydrogens (tertiary/aromatic N) is 2. The summed E-state index contributed by atoms with van der Waals surface area (Å²) in [5, 5.41) is 16.1. The van der Waals surface area contributed by atoms with Gasteiger partial charge in [-0.3, -0.25) is 0 Å². The molecule has 106 valence electrons. The van der Waals surface area contributed by atoms with Crippen molar-refractivity contribution in [2.75, 3.05) is 25.1 Å². The normalized spacial score (nSPS) is 16.7. The molecule has 3 rings (SSSR count). The Hall–Kier alpha value is -1.99. The van der Waals surface area contributed by atoms with Crippen LogP contribution in [0.15, 0.2) is 28.8 Å². The molecule has 0 unspecified atom stereocenters. The number of ether oxygens (including phenoxy) is 1. The first-order chi connectivity index (χ1) is 9.69. The molecule has 1 aliphatic rings. The highest BCUT2D eigenvalue weighted by Gasteiger charge is 2.39. The fourth-order valence-electron chi connectivity index (χ4n) is 1.94. The lowest BCUT2D eigenvalue weighted by molar-refractivity contribution is -0.0662. The number of halogens is 1. The summed E-state index contributed by atoms with van der Waals surface area (Å²) in [4.78, 5) is 4.19. The molecule has 0 amide bonds. The second kappa shape index (κ2) is 5.18. The molecule has 0 bridgehead atoms. The number of anilines is 1. The van der Waals surface area contributed by atoms with Crippen LogP contribution in [0.5, 0.6) is 0 Å². The fourth-order valence-corrected chi connectivity index (χ4v) is 1.94. The Balaban J connectivity index is 1.66. The number of aliphatic hydroxyl groups excluding tert-OH is 1. The maximum atomic E-state index is 12.8. The van der Waals surface area contributed by atoms with Gasteiger partial charge in [0.2, 0.25) is 0 Å². The predicted molar refractivity (Wildman–Crippen MR) is 67.8 cm³/mol. The van der Waals surface area contributed by atoms with Crippen molar-refractivity contribution in [3.63, 3.8) is 0 Å². The number of nitrogens with one attached hydrogen (secondary N) is 1. The number of aromatic nitrogens is 2. The molecule has 2 aromatic rings. The van der Waals surface area contributed by atoms with Crippen LogP contribution >= 0.6 is 0 Å².